The number of benzene rings is 1. The maximum Gasteiger partial charge on any atom is 0.259 e. The van der Waals surface area contributed by atoms with Gasteiger partial charge in [-0.15, -0.1) is 0 Å². The van der Waals surface area contributed by atoms with E-state index < -0.39 is 0 Å². The molecule has 0 unspecified atom stereocenters. The van der Waals surface area contributed by atoms with Crippen molar-refractivity contribution in [2.75, 3.05) is 18.4 Å². The molecule has 8 nitrogen and oxygen atoms in total. The number of nitrogens with zero attached hydrogens (tertiary/aromatic N) is 5. The lowest BCUT2D eigenvalue weighted by molar-refractivity contribution is 0.0678. The quantitative estimate of drug-likeness (QED) is 0.482. The molecule has 6 rings (SSSR count). The van der Waals surface area contributed by atoms with Gasteiger partial charge >= 0.3 is 0 Å². The molecule has 1 aromatic carbocycles. The molecule has 3 aromatic heterocycles. The summed E-state index contributed by atoms with van der Waals surface area (Å²) in [5, 5.41) is 8.13. The van der Waals surface area contributed by atoms with Gasteiger partial charge in [0.1, 0.15) is 5.56 Å². The zero-order chi connectivity index (χ0) is 22.7. The van der Waals surface area contributed by atoms with E-state index in [2.05, 4.69) is 56.5 Å². The minimum absolute atomic E-state index is 0.0714. The fourth-order valence-electron chi connectivity index (χ4n) is 5.28. The first kappa shape index (κ1) is 19.7. The number of aromatic nitrogens is 4. The average molecular weight is 441 g/mol. The average Bonchev–Trinajstić information content (AvgIpc) is 3.48. The summed E-state index contributed by atoms with van der Waals surface area (Å²) in [6.07, 6.45) is 6.81. The molecule has 1 saturated heterocycles. The molecular weight excluding hydrogens is 416 g/mol. The summed E-state index contributed by atoms with van der Waals surface area (Å²) in [6, 6.07) is 12.6. The highest BCUT2D eigenvalue weighted by Gasteiger charge is 2.42. The second-order valence-corrected chi connectivity index (χ2v) is 8.89. The van der Waals surface area contributed by atoms with Gasteiger partial charge in [0.05, 0.1) is 34.4 Å². The van der Waals surface area contributed by atoms with Crippen molar-refractivity contribution in [2.24, 2.45) is 0 Å². The summed E-state index contributed by atoms with van der Waals surface area (Å²) in [4.78, 5) is 31.5. The van der Waals surface area contributed by atoms with Gasteiger partial charge in [-0.05, 0) is 51.0 Å². The van der Waals surface area contributed by atoms with Crippen LogP contribution in [0.1, 0.15) is 51.9 Å². The van der Waals surface area contributed by atoms with Crippen LogP contribution in [-0.2, 0) is 5.54 Å². The number of hydrogen-bond donors (Lipinski definition) is 1. The van der Waals surface area contributed by atoms with Gasteiger partial charge in [0.15, 0.2) is 11.4 Å². The SMILES string of the molecule is CC(=O)c1cnc2c(C(=O)N3CCC4(CC3)Nc3ccccc3-n3cccc34)cnn2c1C. The Morgan fingerprint density at radius 1 is 1.03 bits per heavy atom. The molecule has 1 amide bonds. The fraction of sp³-hybridized carbons (Fsp3) is 0.280. The highest BCUT2D eigenvalue weighted by Crippen LogP contribution is 2.43. The highest BCUT2D eigenvalue weighted by molar-refractivity contribution is 6.00. The van der Waals surface area contributed by atoms with E-state index in [-0.39, 0.29) is 17.2 Å². The molecule has 0 saturated carbocycles. The number of likely N-dealkylation sites (tertiary alicyclic amines) is 1. The third-order valence-corrected chi connectivity index (χ3v) is 7.06. The molecule has 4 aromatic rings. The van der Waals surface area contributed by atoms with Crippen LogP contribution in [0, 0.1) is 6.92 Å². The Kier molecular flexibility index (Phi) is 4.20. The normalized spacial score (nSPS) is 16.4. The minimum atomic E-state index is -0.207. The van der Waals surface area contributed by atoms with Crippen LogP contribution in [0.25, 0.3) is 11.3 Å². The van der Waals surface area contributed by atoms with Crippen molar-refractivity contribution in [1.82, 2.24) is 24.1 Å². The molecule has 2 aliphatic heterocycles. The van der Waals surface area contributed by atoms with Crippen LogP contribution in [0.3, 0.4) is 0 Å². The first-order valence-electron chi connectivity index (χ1n) is 11.2. The van der Waals surface area contributed by atoms with Crippen molar-refractivity contribution < 1.29 is 9.59 Å². The first-order chi connectivity index (χ1) is 16.0. The van der Waals surface area contributed by atoms with Crippen molar-refractivity contribution in [3.8, 4) is 5.69 Å². The number of anilines is 1. The van der Waals surface area contributed by atoms with Gasteiger partial charge in [0.2, 0.25) is 0 Å². The van der Waals surface area contributed by atoms with Gasteiger partial charge in [0, 0.05) is 31.2 Å². The van der Waals surface area contributed by atoms with Crippen LogP contribution in [0.15, 0.2) is 55.0 Å². The fourth-order valence-corrected chi connectivity index (χ4v) is 5.28. The molecule has 0 aliphatic carbocycles. The second kappa shape index (κ2) is 7.03. The van der Waals surface area contributed by atoms with E-state index in [0.29, 0.717) is 35.6 Å². The van der Waals surface area contributed by atoms with Gasteiger partial charge < -0.3 is 14.8 Å². The molecule has 0 radical (unpaired) electrons. The maximum atomic E-state index is 13.4. The Bertz CT molecular complexity index is 1420. The van der Waals surface area contributed by atoms with E-state index in [1.165, 1.54) is 18.8 Å². The Morgan fingerprint density at radius 3 is 2.61 bits per heavy atom. The Morgan fingerprint density at radius 2 is 1.82 bits per heavy atom. The third-order valence-electron chi connectivity index (χ3n) is 7.06. The molecule has 5 heterocycles. The van der Waals surface area contributed by atoms with E-state index in [1.54, 1.807) is 10.7 Å². The lowest BCUT2D eigenvalue weighted by Crippen LogP contribution is -2.51. The van der Waals surface area contributed by atoms with Crippen LogP contribution in [0.5, 0.6) is 0 Å². The second-order valence-electron chi connectivity index (χ2n) is 8.89. The maximum absolute atomic E-state index is 13.4. The van der Waals surface area contributed by atoms with Gasteiger partial charge in [-0.1, -0.05) is 12.1 Å². The number of piperidine rings is 1. The molecule has 1 spiro atoms. The summed E-state index contributed by atoms with van der Waals surface area (Å²) in [5.41, 5.74) is 5.45. The Labute approximate surface area is 190 Å². The van der Waals surface area contributed by atoms with Gasteiger partial charge in [-0.3, -0.25) is 9.59 Å². The molecule has 8 heteroatoms. The predicted molar refractivity (Wildman–Crippen MR) is 124 cm³/mol. The summed E-state index contributed by atoms with van der Waals surface area (Å²) in [5.74, 6) is -0.146. The number of carbonyl (C=O) groups excluding carboxylic acids is 2. The molecule has 1 fully saturated rings. The van der Waals surface area contributed by atoms with Gasteiger partial charge in [-0.2, -0.15) is 5.10 Å². The van der Waals surface area contributed by atoms with Crippen LogP contribution in [-0.4, -0.2) is 48.8 Å². The van der Waals surface area contributed by atoms with Gasteiger partial charge in [0.25, 0.3) is 5.91 Å². The molecule has 0 bridgehead atoms. The smallest absolute Gasteiger partial charge is 0.259 e. The Hall–Kier alpha value is -3.94. The monoisotopic (exact) mass is 440 g/mol. The van der Waals surface area contributed by atoms with Gasteiger partial charge in [-0.25, -0.2) is 9.50 Å². The number of ketones is 1. The third kappa shape index (κ3) is 2.83. The number of aryl methyl sites for hydroxylation is 1. The minimum Gasteiger partial charge on any atom is -0.372 e. The summed E-state index contributed by atoms with van der Waals surface area (Å²) in [6.45, 7) is 4.57. The molecule has 1 N–H and O–H groups in total. The topological polar surface area (TPSA) is 84.5 Å². The van der Waals surface area contributed by atoms with Crippen LogP contribution < -0.4 is 5.32 Å². The van der Waals surface area contributed by atoms with Crippen molar-refractivity contribution in [1.29, 1.82) is 0 Å². The zero-order valence-electron chi connectivity index (χ0n) is 18.6. The van der Waals surface area contributed by atoms with Crippen molar-refractivity contribution in [3.05, 3.63) is 77.5 Å². The number of hydrogen-bond acceptors (Lipinski definition) is 5. The van der Waals surface area contributed by atoms with Crippen molar-refractivity contribution >= 4 is 23.0 Å². The lowest BCUT2D eigenvalue weighted by atomic mass is 9.82. The highest BCUT2D eigenvalue weighted by atomic mass is 16.2. The number of rotatable bonds is 2. The van der Waals surface area contributed by atoms with Crippen LogP contribution in [0.4, 0.5) is 5.69 Å². The van der Waals surface area contributed by atoms with Crippen LogP contribution >= 0.6 is 0 Å². The van der Waals surface area contributed by atoms with E-state index in [4.69, 9.17) is 0 Å². The van der Waals surface area contributed by atoms with E-state index in [9.17, 15) is 9.59 Å². The first-order valence-corrected chi connectivity index (χ1v) is 11.2. The largest absolute Gasteiger partial charge is 0.372 e. The van der Waals surface area contributed by atoms with E-state index in [1.807, 2.05) is 17.9 Å². The number of para-hydroxylation sites is 2. The molecule has 2 aliphatic rings. The van der Waals surface area contributed by atoms with E-state index >= 15 is 0 Å². The number of amides is 1. The molecule has 166 valence electrons. The Balaban J connectivity index is 1.28. The number of nitrogens with one attached hydrogen (secondary N) is 1. The summed E-state index contributed by atoms with van der Waals surface area (Å²) in [7, 11) is 0. The lowest BCUT2D eigenvalue weighted by Gasteiger charge is -2.46. The predicted octanol–water partition coefficient (Wildman–Crippen LogP) is 3.59. The van der Waals surface area contributed by atoms with E-state index in [0.717, 1.165) is 24.2 Å². The standard InChI is InChI=1S/C25H24N6O2/c1-16-18(17(2)32)14-26-23-19(15-27-31(16)23)24(33)29-12-9-25(10-13-29)22-8-5-11-30(22)21-7-4-3-6-20(21)28-25/h3-8,11,14-15,28H,9-10,12-13H2,1-2H3. The van der Waals surface area contributed by atoms with Crippen molar-refractivity contribution in [2.45, 2.75) is 32.2 Å². The zero-order valence-corrected chi connectivity index (χ0v) is 18.6. The number of carbonyl (C=O) groups is 2. The van der Waals surface area contributed by atoms with Crippen LogP contribution in [0.2, 0.25) is 0 Å². The molecule has 0 atom stereocenters. The molecule has 33 heavy (non-hydrogen) atoms. The summed E-state index contributed by atoms with van der Waals surface area (Å²) < 4.78 is 3.84. The summed E-state index contributed by atoms with van der Waals surface area (Å²) >= 11 is 0. The molecular formula is C25H24N6O2. The van der Waals surface area contributed by atoms with Crippen molar-refractivity contribution in [3.63, 3.8) is 0 Å². The number of fused-ring (bicyclic) bond motifs is 5. The number of Topliss-reactive ketones (excluding diaryl/α,β-unsaturated/α-hetero) is 1.